The zero-order chi connectivity index (χ0) is 16.3. The highest BCUT2D eigenvalue weighted by molar-refractivity contribution is 7.11. The molecule has 0 saturated heterocycles. The number of H-pyrrole nitrogens is 1. The van der Waals surface area contributed by atoms with Crippen LogP contribution in [0.3, 0.4) is 0 Å². The Morgan fingerprint density at radius 2 is 2.05 bits per heavy atom. The Hall–Kier alpha value is -2.35. The Morgan fingerprint density at radius 1 is 1.32 bits per heavy atom. The maximum Gasteiger partial charge on any atom is 0.319 e. The number of rotatable bonds is 3. The van der Waals surface area contributed by atoms with E-state index in [2.05, 4.69) is 46.1 Å². The van der Waals surface area contributed by atoms with Crippen molar-refractivity contribution in [1.29, 1.82) is 0 Å². The van der Waals surface area contributed by atoms with E-state index in [0.29, 0.717) is 5.00 Å². The molecule has 8 heteroatoms. The molecule has 0 aliphatic rings. The molecular formula is C14H19N5O2S. The Bertz CT molecular complexity index is 729. The summed E-state index contributed by atoms with van der Waals surface area (Å²) in [5, 5.41) is 8.57. The second kappa shape index (κ2) is 6.18. The van der Waals surface area contributed by atoms with Crippen LogP contribution < -0.4 is 21.5 Å². The molecule has 0 fully saturated rings. The molecule has 2 aromatic heterocycles. The number of hydrogen-bond acceptors (Lipinski definition) is 5. The fourth-order valence-corrected chi connectivity index (χ4v) is 2.44. The molecule has 2 amide bonds. The van der Waals surface area contributed by atoms with E-state index < -0.39 is 6.03 Å². The van der Waals surface area contributed by atoms with E-state index in [-0.39, 0.29) is 16.7 Å². The van der Waals surface area contributed by atoms with Crippen LogP contribution in [0.5, 0.6) is 0 Å². The quantitative estimate of drug-likeness (QED) is 0.698. The van der Waals surface area contributed by atoms with Crippen LogP contribution in [0.4, 0.5) is 21.2 Å². The summed E-state index contributed by atoms with van der Waals surface area (Å²) in [6.45, 7) is 6.29. The van der Waals surface area contributed by atoms with Crippen molar-refractivity contribution in [1.82, 2.24) is 14.7 Å². The van der Waals surface area contributed by atoms with Gasteiger partial charge >= 0.3 is 6.03 Å². The summed E-state index contributed by atoms with van der Waals surface area (Å²) in [5.41, 5.74) is 1.63. The number of nitrogens with zero attached hydrogens (tertiary/aromatic N) is 1. The molecule has 2 aromatic rings. The van der Waals surface area contributed by atoms with Crippen LogP contribution in [-0.2, 0) is 5.41 Å². The van der Waals surface area contributed by atoms with Gasteiger partial charge in [-0.05, 0) is 28.6 Å². The maximum absolute atomic E-state index is 11.8. The summed E-state index contributed by atoms with van der Waals surface area (Å²) in [6, 6.07) is 1.52. The number of aromatic amines is 1. The van der Waals surface area contributed by atoms with Crippen molar-refractivity contribution in [3.63, 3.8) is 0 Å². The summed E-state index contributed by atoms with van der Waals surface area (Å²) >= 11 is 1.12. The summed E-state index contributed by atoms with van der Waals surface area (Å²) in [5.74, 6) is 0. The third-order valence-corrected chi connectivity index (χ3v) is 3.83. The van der Waals surface area contributed by atoms with Gasteiger partial charge in [0.25, 0.3) is 5.56 Å². The van der Waals surface area contributed by atoms with Crippen molar-refractivity contribution in [2.45, 2.75) is 26.2 Å². The molecule has 4 N–H and O–H groups in total. The highest BCUT2D eigenvalue weighted by Gasteiger charge is 2.16. The molecule has 0 aliphatic carbocycles. The van der Waals surface area contributed by atoms with Gasteiger partial charge in [0.2, 0.25) is 0 Å². The van der Waals surface area contributed by atoms with Gasteiger partial charge in [0.1, 0.15) is 10.7 Å². The predicted molar refractivity (Wildman–Crippen MR) is 89.2 cm³/mol. The third kappa shape index (κ3) is 3.64. The Labute approximate surface area is 132 Å². The minimum atomic E-state index is -0.450. The number of amides is 2. The van der Waals surface area contributed by atoms with Crippen molar-refractivity contribution in [2.24, 2.45) is 0 Å². The summed E-state index contributed by atoms with van der Waals surface area (Å²) in [6.07, 6.45) is 3.48. The zero-order valence-electron chi connectivity index (χ0n) is 12.9. The number of carbonyl (C=O) groups excluding carboxylic acids is 1. The fourth-order valence-electron chi connectivity index (χ4n) is 1.73. The first-order valence-electron chi connectivity index (χ1n) is 6.74. The van der Waals surface area contributed by atoms with E-state index in [1.54, 1.807) is 6.20 Å². The maximum atomic E-state index is 11.8. The van der Waals surface area contributed by atoms with E-state index in [0.717, 1.165) is 22.8 Å². The first-order chi connectivity index (χ1) is 10.3. The first kappa shape index (κ1) is 16.0. The molecule has 0 bridgehead atoms. The van der Waals surface area contributed by atoms with Crippen molar-refractivity contribution in [3.05, 3.63) is 34.4 Å². The molecule has 2 heterocycles. The van der Waals surface area contributed by atoms with Crippen molar-refractivity contribution in [2.75, 3.05) is 17.7 Å². The molecule has 22 heavy (non-hydrogen) atoms. The molecule has 0 saturated carbocycles. The highest BCUT2D eigenvalue weighted by atomic mass is 32.1. The standard InChI is InChI=1S/C14H19N5O2S/c1-14(2,3)8-5-9(7-16-6-8)17-12-10(11(20)19-22-12)18-13(21)15-4/h5-7,17H,1-4H3,(H,19,20)(H2,15,18,21). The van der Waals surface area contributed by atoms with Crippen molar-refractivity contribution >= 4 is 33.9 Å². The van der Waals surface area contributed by atoms with Gasteiger partial charge in [0.05, 0.1) is 11.9 Å². The van der Waals surface area contributed by atoms with Crippen LogP contribution in [-0.4, -0.2) is 22.4 Å². The van der Waals surface area contributed by atoms with E-state index in [1.807, 2.05) is 12.3 Å². The normalized spacial score (nSPS) is 11.1. The lowest BCUT2D eigenvalue weighted by molar-refractivity contribution is 0.254. The van der Waals surface area contributed by atoms with Crippen LogP contribution in [0, 0.1) is 0 Å². The number of carbonyl (C=O) groups is 1. The van der Waals surface area contributed by atoms with Gasteiger partial charge in [0, 0.05) is 13.2 Å². The highest BCUT2D eigenvalue weighted by Crippen LogP contribution is 2.28. The molecule has 0 atom stereocenters. The number of anilines is 3. The second-order valence-electron chi connectivity index (χ2n) is 5.78. The molecule has 0 radical (unpaired) electrons. The Kier molecular flexibility index (Phi) is 4.51. The van der Waals surface area contributed by atoms with E-state index in [9.17, 15) is 9.59 Å². The van der Waals surface area contributed by atoms with Gasteiger partial charge in [-0.25, -0.2) is 4.79 Å². The molecule has 0 spiro atoms. The second-order valence-corrected chi connectivity index (χ2v) is 6.60. The number of pyridine rings is 1. The van der Waals surface area contributed by atoms with Crippen LogP contribution in [0.1, 0.15) is 26.3 Å². The zero-order valence-corrected chi connectivity index (χ0v) is 13.7. The van der Waals surface area contributed by atoms with Crippen LogP contribution >= 0.6 is 11.5 Å². The molecule has 7 nitrogen and oxygen atoms in total. The third-order valence-electron chi connectivity index (χ3n) is 3.03. The summed E-state index contributed by atoms with van der Waals surface area (Å²) < 4.78 is 2.59. The van der Waals surface area contributed by atoms with E-state index >= 15 is 0 Å². The average molecular weight is 321 g/mol. The minimum Gasteiger partial charge on any atom is -0.343 e. The van der Waals surface area contributed by atoms with E-state index in [1.165, 1.54) is 7.05 Å². The van der Waals surface area contributed by atoms with Gasteiger partial charge in [-0.1, -0.05) is 20.8 Å². The topological polar surface area (TPSA) is 98.9 Å². The smallest absolute Gasteiger partial charge is 0.319 e. The van der Waals surface area contributed by atoms with Crippen LogP contribution in [0.25, 0.3) is 0 Å². The van der Waals surface area contributed by atoms with Gasteiger partial charge in [-0.15, -0.1) is 0 Å². The molecule has 118 valence electrons. The number of hydrogen-bond donors (Lipinski definition) is 4. The largest absolute Gasteiger partial charge is 0.343 e. The Morgan fingerprint density at radius 3 is 2.68 bits per heavy atom. The average Bonchev–Trinajstić information content (AvgIpc) is 2.79. The number of urea groups is 1. The summed E-state index contributed by atoms with van der Waals surface area (Å²) in [4.78, 5) is 27.4. The van der Waals surface area contributed by atoms with Gasteiger partial charge in [-0.3, -0.25) is 14.2 Å². The van der Waals surface area contributed by atoms with Crippen LogP contribution in [0.15, 0.2) is 23.3 Å². The minimum absolute atomic E-state index is 0.0286. The number of aromatic nitrogens is 2. The number of nitrogens with one attached hydrogen (secondary N) is 4. The lowest BCUT2D eigenvalue weighted by Gasteiger charge is -2.19. The fraction of sp³-hybridized carbons (Fsp3) is 0.357. The molecule has 0 aromatic carbocycles. The van der Waals surface area contributed by atoms with Gasteiger partial charge in [-0.2, -0.15) is 0 Å². The molecular weight excluding hydrogens is 302 g/mol. The first-order valence-corrected chi connectivity index (χ1v) is 7.55. The predicted octanol–water partition coefficient (Wildman–Crippen LogP) is 2.62. The van der Waals surface area contributed by atoms with Gasteiger partial charge in [0.15, 0.2) is 0 Å². The SMILES string of the molecule is CNC(=O)Nc1c(Nc2cncc(C(C)(C)C)c2)s[nH]c1=O. The van der Waals surface area contributed by atoms with Gasteiger partial charge < -0.3 is 16.0 Å². The molecule has 0 aliphatic heterocycles. The van der Waals surface area contributed by atoms with Crippen molar-refractivity contribution in [3.8, 4) is 0 Å². The lowest BCUT2D eigenvalue weighted by atomic mass is 9.88. The molecule has 2 rings (SSSR count). The van der Waals surface area contributed by atoms with Crippen LogP contribution in [0.2, 0.25) is 0 Å². The Balaban J connectivity index is 2.28. The summed E-state index contributed by atoms with van der Waals surface area (Å²) in [7, 11) is 1.49. The molecule has 0 unspecified atom stereocenters. The monoisotopic (exact) mass is 321 g/mol. The van der Waals surface area contributed by atoms with E-state index in [4.69, 9.17) is 0 Å². The van der Waals surface area contributed by atoms with Crippen molar-refractivity contribution < 1.29 is 4.79 Å². The lowest BCUT2D eigenvalue weighted by Crippen LogP contribution is -2.27.